The van der Waals surface area contributed by atoms with E-state index in [-0.39, 0.29) is 17.0 Å². The Labute approximate surface area is 144 Å². The van der Waals surface area contributed by atoms with E-state index < -0.39 is 10.0 Å². The third-order valence-corrected chi connectivity index (χ3v) is 5.64. The Morgan fingerprint density at radius 1 is 1.17 bits per heavy atom. The summed E-state index contributed by atoms with van der Waals surface area (Å²) in [6.45, 7) is 4.80. The van der Waals surface area contributed by atoms with Crippen LogP contribution >= 0.6 is 0 Å². The number of urea groups is 1. The van der Waals surface area contributed by atoms with Crippen LogP contribution in [-0.2, 0) is 10.0 Å². The molecule has 2 amide bonds. The number of carbonyl (C=O) groups excluding carboxylic acids is 1. The first-order chi connectivity index (χ1) is 11.4. The molecule has 134 valence electrons. The van der Waals surface area contributed by atoms with Gasteiger partial charge in [-0.2, -0.15) is 0 Å². The lowest BCUT2D eigenvalue weighted by atomic mass is 10.1. The second kappa shape index (κ2) is 8.48. The van der Waals surface area contributed by atoms with Gasteiger partial charge >= 0.3 is 6.03 Å². The smallest absolute Gasteiger partial charge is 0.319 e. The zero-order chi connectivity index (χ0) is 17.6. The van der Waals surface area contributed by atoms with E-state index in [9.17, 15) is 13.2 Å². The average Bonchev–Trinajstić information content (AvgIpc) is 2.99. The monoisotopic (exact) mass is 353 g/mol. The highest BCUT2D eigenvalue weighted by molar-refractivity contribution is 7.89. The van der Waals surface area contributed by atoms with Gasteiger partial charge in [0.1, 0.15) is 0 Å². The van der Waals surface area contributed by atoms with Crippen LogP contribution in [0.25, 0.3) is 0 Å². The van der Waals surface area contributed by atoms with Crippen molar-refractivity contribution < 1.29 is 13.2 Å². The maximum absolute atomic E-state index is 12.3. The molecule has 0 radical (unpaired) electrons. The van der Waals surface area contributed by atoms with Crippen molar-refractivity contribution >= 4 is 21.7 Å². The van der Waals surface area contributed by atoms with Crippen molar-refractivity contribution in [3.8, 4) is 0 Å². The molecule has 0 unspecified atom stereocenters. The van der Waals surface area contributed by atoms with Crippen LogP contribution in [0.3, 0.4) is 0 Å². The molecule has 0 atom stereocenters. The van der Waals surface area contributed by atoms with Crippen LogP contribution in [0.5, 0.6) is 0 Å². The van der Waals surface area contributed by atoms with Gasteiger partial charge in [-0.05, 0) is 49.4 Å². The molecule has 24 heavy (non-hydrogen) atoms. The molecule has 1 aliphatic rings. The zero-order valence-corrected chi connectivity index (χ0v) is 15.2. The second-order valence-corrected chi connectivity index (χ2v) is 8.40. The molecule has 0 aliphatic heterocycles. The molecular weight excluding hydrogens is 326 g/mol. The second-order valence-electron chi connectivity index (χ2n) is 6.69. The summed E-state index contributed by atoms with van der Waals surface area (Å²) in [7, 11) is -3.49. The van der Waals surface area contributed by atoms with Crippen LogP contribution in [0.1, 0.15) is 46.0 Å². The highest BCUT2D eigenvalue weighted by Gasteiger charge is 2.22. The van der Waals surface area contributed by atoms with E-state index in [1.54, 1.807) is 12.1 Å². The number of hydrogen-bond donors (Lipinski definition) is 3. The van der Waals surface area contributed by atoms with Crippen LogP contribution in [-0.4, -0.2) is 27.0 Å². The fourth-order valence-electron chi connectivity index (χ4n) is 2.70. The number of rotatable bonds is 7. The van der Waals surface area contributed by atoms with Gasteiger partial charge in [0.15, 0.2) is 0 Å². The van der Waals surface area contributed by atoms with E-state index in [1.165, 1.54) is 12.1 Å². The minimum atomic E-state index is -3.49. The van der Waals surface area contributed by atoms with Gasteiger partial charge in [0.25, 0.3) is 0 Å². The number of carbonyl (C=O) groups is 1. The minimum absolute atomic E-state index is 0.0412. The van der Waals surface area contributed by atoms with Crippen molar-refractivity contribution in [2.45, 2.75) is 56.9 Å². The van der Waals surface area contributed by atoms with Crippen molar-refractivity contribution in [2.75, 3.05) is 11.9 Å². The highest BCUT2D eigenvalue weighted by Crippen LogP contribution is 2.21. The zero-order valence-electron chi connectivity index (χ0n) is 14.3. The molecular formula is C17H27N3O3S. The van der Waals surface area contributed by atoms with Crippen molar-refractivity contribution in [1.29, 1.82) is 0 Å². The molecule has 0 heterocycles. The van der Waals surface area contributed by atoms with Crippen molar-refractivity contribution in [2.24, 2.45) is 5.92 Å². The molecule has 3 N–H and O–H groups in total. The fraction of sp³-hybridized carbons (Fsp3) is 0.588. The first-order valence-corrected chi connectivity index (χ1v) is 10.0. The van der Waals surface area contributed by atoms with Gasteiger partial charge in [0.05, 0.1) is 4.90 Å². The summed E-state index contributed by atoms with van der Waals surface area (Å²) in [6.07, 6.45) is 4.85. The standard InChI is InChI=1S/C17H27N3O3S/c1-13(2)11-12-18-17(21)19-14-7-9-16(10-8-14)24(22,23)20-15-5-3-4-6-15/h7-10,13,15,20H,3-6,11-12H2,1-2H3,(H2,18,19,21). The van der Waals surface area contributed by atoms with Crippen molar-refractivity contribution in [1.82, 2.24) is 10.0 Å². The molecule has 1 fully saturated rings. The van der Waals surface area contributed by atoms with Crippen molar-refractivity contribution in [3.05, 3.63) is 24.3 Å². The summed E-state index contributed by atoms with van der Waals surface area (Å²) in [5.74, 6) is 0.530. The van der Waals surface area contributed by atoms with E-state index in [0.29, 0.717) is 18.2 Å². The van der Waals surface area contributed by atoms with Crippen LogP contribution in [0.4, 0.5) is 10.5 Å². The highest BCUT2D eigenvalue weighted by atomic mass is 32.2. The average molecular weight is 353 g/mol. The fourth-order valence-corrected chi connectivity index (χ4v) is 4.00. The Balaban J connectivity index is 1.88. The number of nitrogens with one attached hydrogen (secondary N) is 3. The number of anilines is 1. The lowest BCUT2D eigenvalue weighted by molar-refractivity contribution is 0.251. The summed E-state index contributed by atoms with van der Waals surface area (Å²) in [6, 6.07) is 5.99. The number of hydrogen-bond acceptors (Lipinski definition) is 3. The SMILES string of the molecule is CC(C)CCNC(=O)Nc1ccc(S(=O)(=O)NC2CCCC2)cc1. The Bertz CT molecular complexity index is 636. The van der Waals surface area contributed by atoms with Gasteiger partial charge in [-0.15, -0.1) is 0 Å². The van der Waals surface area contributed by atoms with Gasteiger partial charge < -0.3 is 10.6 Å². The maximum Gasteiger partial charge on any atom is 0.319 e. The molecule has 0 spiro atoms. The number of amides is 2. The summed E-state index contributed by atoms with van der Waals surface area (Å²) in [5.41, 5.74) is 0.567. The lowest BCUT2D eigenvalue weighted by Crippen LogP contribution is -2.32. The van der Waals surface area contributed by atoms with Gasteiger partial charge in [0.2, 0.25) is 10.0 Å². The van der Waals surface area contributed by atoms with Crippen molar-refractivity contribution in [3.63, 3.8) is 0 Å². The summed E-state index contributed by atoms with van der Waals surface area (Å²) in [4.78, 5) is 12.0. The first kappa shape index (κ1) is 18.7. The Kier molecular flexibility index (Phi) is 6.62. The van der Waals surface area contributed by atoms with Gasteiger partial charge in [-0.25, -0.2) is 17.9 Å². The van der Waals surface area contributed by atoms with E-state index in [0.717, 1.165) is 32.1 Å². The summed E-state index contributed by atoms with van der Waals surface area (Å²) in [5, 5.41) is 5.48. The predicted octanol–water partition coefficient (Wildman–Crippen LogP) is 3.08. The minimum Gasteiger partial charge on any atom is -0.338 e. The van der Waals surface area contributed by atoms with Crippen LogP contribution in [0.2, 0.25) is 0 Å². The summed E-state index contributed by atoms with van der Waals surface area (Å²) < 4.78 is 27.4. The molecule has 7 heteroatoms. The normalized spacial score (nSPS) is 15.6. The Morgan fingerprint density at radius 2 is 1.79 bits per heavy atom. The maximum atomic E-state index is 12.3. The third kappa shape index (κ3) is 5.79. The number of benzene rings is 1. The van der Waals surface area contributed by atoms with Gasteiger partial charge in [-0.1, -0.05) is 26.7 Å². The lowest BCUT2D eigenvalue weighted by Gasteiger charge is -2.13. The molecule has 0 saturated heterocycles. The molecule has 1 aromatic rings. The molecule has 1 saturated carbocycles. The molecule has 1 aliphatic carbocycles. The van der Waals surface area contributed by atoms with E-state index >= 15 is 0 Å². The predicted molar refractivity (Wildman–Crippen MR) is 95.5 cm³/mol. The molecule has 0 aromatic heterocycles. The molecule has 1 aromatic carbocycles. The van der Waals surface area contributed by atoms with Gasteiger partial charge in [0, 0.05) is 18.3 Å². The summed E-state index contributed by atoms with van der Waals surface area (Å²) >= 11 is 0. The van der Waals surface area contributed by atoms with Crippen LogP contribution < -0.4 is 15.4 Å². The Hall–Kier alpha value is -1.60. The Morgan fingerprint density at radius 3 is 2.38 bits per heavy atom. The molecule has 0 bridgehead atoms. The van der Waals surface area contributed by atoms with Crippen LogP contribution in [0, 0.1) is 5.92 Å². The molecule has 6 nitrogen and oxygen atoms in total. The van der Waals surface area contributed by atoms with Crippen LogP contribution in [0.15, 0.2) is 29.2 Å². The van der Waals surface area contributed by atoms with E-state index in [2.05, 4.69) is 29.2 Å². The largest absolute Gasteiger partial charge is 0.338 e. The van der Waals surface area contributed by atoms with E-state index in [1.807, 2.05) is 0 Å². The van der Waals surface area contributed by atoms with E-state index in [4.69, 9.17) is 0 Å². The molecule has 2 rings (SSSR count). The van der Waals surface area contributed by atoms with Gasteiger partial charge in [-0.3, -0.25) is 0 Å². The number of sulfonamides is 1. The third-order valence-electron chi connectivity index (χ3n) is 4.11. The quantitative estimate of drug-likeness (QED) is 0.704. The topological polar surface area (TPSA) is 87.3 Å². The first-order valence-electron chi connectivity index (χ1n) is 8.54.